The molecule has 0 aliphatic heterocycles. The van der Waals surface area contributed by atoms with Crippen LogP contribution in [0.1, 0.15) is 41.0 Å². The normalized spacial score (nSPS) is 16.0. The first kappa shape index (κ1) is 15.9. The molecule has 0 aromatic heterocycles. The SMILES string of the molecule is C=CC(CC(C)(C)N)O[Si](C)(C)C(C)(C)C. The van der Waals surface area contributed by atoms with Crippen LogP contribution < -0.4 is 5.73 Å². The van der Waals surface area contributed by atoms with Crippen LogP contribution in [0.15, 0.2) is 12.7 Å². The second-order valence-corrected chi connectivity index (χ2v) is 11.6. The standard InChI is InChI=1S/C13H29NOSi/c1-9-11(10-13(5,6)14)15-16(7,8)12(2,3)4/h9,11H,1,10,14H2,2-8H3. The van der Waals surface area contributed by atoms with Crippen LogP contribution >= 0.6 is 0 Å². The topological polar surface area (TPSA) is 35.2 Å². The third kappa shape index (κ3) is 5.28. The summed E-state index contributed by atoms with van der Waals surface area (Å²) < 4.78 is 6.27. The molecule has 0 radical (unpaired) electrons. The summed E-state index contributed by atoms with van der Waals surface area (Å²) in [6.07, 6.45) is 2.78. The molecule has 1 unspecified atom stereocenters. The van der Waals surface area contributed by atoms with Gasteiger partial charge in [-0.2, -0.15) is 0 Å². The van der Waals surface area contributed by atoms with Gasteiger partial charge in [0.1, 0.15) is 0 Å². The third-order valence-corrected chi connectivity index (χ3v) is 7.75. The van der Waals surface area contributed by atoms with E-state index >= 15 is 0 Å². The molecule has 16 heavy (non-hydrogen) atoms. The minimum atomic E-state index is -1.72. The molecule has 0 saturated carbocycles. The van der Waals surface area contributed by atoms with Crippen molar-refractivity contribution in [3.8, 4) is 0 Å². The molecule has 0 fully saturated rings. The molecule has 1 atom stereocenters. The molecule has 3 heteroatoms. The van der Waals surface area contributed by atoms with Crippen molar-refractivity contribution in [2.75, 3.05) is 0 Å². The van der Waals surface area contributed by atoms with Gasteiger partial charge in [0.2, 0.25) is 0 Å². The number of hydrogen-bond donors (Lipinski definition) is 1. The lowest BCUT2D eigenvalue weighted by Gasteiger charge is -2.39. The predicted octanol–water partition coefficient (Wildman–Crippen LogP) is 3.69. The lowest BCUT2D eigenvalue weighted by molar-refractivity contribution is 0.189. The van der Waals surface area contributed by atoms with Crippen molar-refractivity contribution < 1.29 is 4.43 Å². The van der Waals surface area contributed by atoms with E-state index in [-0.39, 0.29) is 16.7 Å². The van der Waals surface area contributed by atoms with E-state index in [1.165, 1.54) is 0 Å². The molecule has 0 aliphatic rings. The Hall–Kier alpha value is -0.123. The van der Waals surface area contributed by atoms with E-state index in [1.807, 2.05) is 19.9 Å². The summed E-state index contributed by atoms with van der Waals surface area (Å²) in [5.74, 6) is 0. The van der Waals surface area contributed by atoms with Gasteiger partial charge in [-0.1, -0.05) is 26.8 Å². The molecule has 96 valence electrons. The Kier molecular flexibility index (Phi) is 4.99. The summed E-state index contributed by atoms with van der Waals surface area (Å²) in [6, 6.07) is 0. The Morgan fingerprint density at radius 1 is 1.25 bits per heavy atom. The molecular weight excluding hydrogens is 214 g/mol. The molecule has 0 amide bonds. The van der Waals surface area contributed by atoms with Crippen molar-refractivity contribution in [2.24, 2.45) is 5.73 Å². The van der Waals surface area contributed by atoms with Gasteiger partial charge < -0.3 is 10.2 Å². The highest BCUT2D eigenvalue weighted by atomic mass is 28.4. The second-order valence-electron chi connectivity index (χ2n) is 6.85. The van der Waals surface area contributed by atoms with Gasteiger partial charge >= 0.3 is 0 Å². The summed E-state index contributed by atoms with van der Waals surface area (Å²) in [4.78, 5) is 0. The van der Waals surface area contributed by atoms with Gasteiger partial charge in [0.05, 0.1) is 6.10 Å². The van der Waals surface area contributed by atoms with Crippen LogP contribution in [0, 0.1) is 0 Å². The third-order valence-electron chi connectivity index (χ3n) is 3.24. The van der Waals surface area contributed by atoms with Crippen LogP contribution in [-0.4, -0.2) is 20.0 Å². The summed E-state index contributed by atoms with van der Waals surface area (Å²) in [6.45, 7) is 19.1. The van der Waals surface area contributed by atoms with Crippen molar-refractivity contribution in [3.63, 3.8) is 0 Å². The van der Waals surface area contributed by atoms with Crippen molar-refractivity contribution in [2.45, 2.75) is 70.8 Å². The van der Waals surface area contributed by atoms with Crippen molar-refractivity contribution >= 4 is 8.32 Å². The summed E-state index contributed by atoms with van der Waals surface area (Å²) >= 11 is 0. The highest BCUT2D eigenvalue weighted by Crippen LogP contribution is 2.38. The Morgan fingerprint density at radius 2 is 1.69 bits per heavy atom. The van der Waals surface area contributed by atoms with E-state index in [4.69, 9.17) is 10.2 Å². The summed E-state index contributed by atoms with van der Waals surface area (Å²) in [5, 5.41) is 0.229. The van der Waals surface area contributed by atoms with E-state index < -0.39 is 8.32 Å². The first-order valence-corrected chi connectivity index (χ1v) is 8.89. The van der Waals surface area contributed by atoms with Crippen molar-refractivity contribution in [1.29, 1.82) is 0 Å². The van der Waals surface area contributed by atoms with Gasteiger partial charge in [0.15, 0.2) is 8.32 Å². The largest absolute Gasteiger partial charge is 0.411 e. The molecule has 0 rings (SSSR count). The number of nitrogens with two attached hydrogens (primary N) is 1. The molecule has 0 aliphatic carbocycles. The van der Waals surface area contributed by atoms with E-state index in [9.17, 15) is 0 Å². The Balaban J connectivity index is 4.62. The van der Waals surface area contributed by atoms with Gasteiger partial charge in [-0.15, -0.1) is 6.58 Å². The molecule has 0 saturated heterocycles. The second kappa shape index (κ2) is 5.03. The van der Waals surface area contributed by atoms with Gasteiger partial charge in [0, 0.05) is 5.54 Å². The van der Waals surface area contributed by atoms with Crippen LogP contribution in [-0.2, 0) is 4.43 Å². The molecule has 0 aromatic rings. The monoisotopic (exact) mass is 243 g/mol. The van der Waals surface area contributed by atoms with E-state index in [1.54, 1.807) is 0 Å². The molecule has 0 spiro atoms. The zero-order valence-corrected chi connectivity index (χ0v) is 13.1. The molecule has 2 N–H and O–H groups in total. The number of rotatable bonds is 5. The van der Waals surface area contributed by atoms with Crippen LogP contribution in [0.4, 0.5) is 0 Å². The van der Waals surface area contributed by atoms with Crippen LogP contribution in [0.2, 0.25) is 18.1 Å². The van der Waals surface area contributed by atoms with E-state index in [0.717, 1.165) is 6.42 Å². The van der Waals surface area contributed by atoms with Crippen LogP contribution in [0.5, 0.6) is 0 Å². The van der Waals surface area contributed by atoms with Gasteiger partial charge in [-0.25, -0.2) is 0 Å². The molecule has 0 bridgehead atoms. The fraction of sp³-hybridized carbons (Fsp3) is 0.846. The van der Waals surface area contributed by atoms with E-state index in [2.05, 4.69) is 40.4 Å². The van der Waals surface area contributed by atoms with Gasteiger partial charge in [0.25, 0.3) is 0 Å². The smallest absolute Gasteiger partial charge is 0.192 e. The molecule has 2 nitrogen and oxygen atoms in total. The van der Waals surface area contributed by atoms with Crippen LogP contribution in [0.25, 0.3) is 0 Å². The van der Waals surface area contributed by atoms with Crippen molar-refractivity contribution in [3.05, 3.63) is 12.7 Å². The minimum absolute atomic E-state index is 0.0703. The minimum Gasteiger partial charge on any atom is -0.411 e. The van der Waals surface area contributed by atoms with Crippen molar-refractivity contribution in [1.82, 2.24) is 0 Å². The summed E-state index contributed by atoms with van der Waals surface area (Å²) in [5.41, 5.74) is 5.82. The molecule has 0 heterocycles. The van der Waals surface area contributed by atoms with Crippen LogP contribution in [0.3, 0.4) is 0 Å². The highest BCUT2D eigenvalue weighted by molar-refractivity contribution is 6.74. The quantitative estimate of drug-likeness (QED) is 0.590. The maximum absolute atomic E-state index is 6.27. The predicted molar refractivity (Wildman–Crippen MR) is 75.2 cm³/mol. The fourth-order valence-corrected chi connectivity index (χ4v) is 2.54. The van der Waals surface area contributed by atoms with Gasteiger partial charge in [-0.05, 0) is 38.4 Å². The highest BCUT2D eigenvalue weighted by Gasteiger charge is 2.39. The average molecular weight is 243 g/mol. The summed E-state index contributed by atoms with van der Waals surface area (Å²) in [7, 11) is -1.72. The maximum Gasteiger partial charge on any atom is 0.192 e. The zero-order valence-electron chi connectivity index (χ0n) is 12.1. The molecule has 0 aromatic carbocycles. The fourth-order valence-electron chi connectivity index (χ4n) is 1.25. The Labute approximate surface area is 102 Å². The first-order chi connectivity index (χ1) is 6.89. The van der Waals surface area contributed by atoms with E-state index in [0.29, 0.717) is 0 Å². The molecular formula is C13H29NOSi. The lowest BCUT2D eigenvalue weighted by Crippen LogP contribution is -2.46. The average Bonchev–Trinajstić information content (AvgIpc) is 1.97. The first-order valence-electron chi connectivity index (χ1n) is 5.98. The Morgan fingerprint density at radius 3 is 1.94 bits per heavy atom. The zero-order chi connectivity index (χ0) is 13.2. The number of hydrogen-bond acceptors (Lipinski definition) is 2. The van der Waals surface area contributed by atoms with Gasteiger partial charge in [-0.3, -0.25) is 0 Å². The Bertz CT molecular complexity index is 235. The lowest BCUT2D eigenvalue weighted by atomic mass is 9.98. The maximum atomic E-state index is 6.27.